The van der Waals surface area contributed by atoms with Gasteiger partial charge in [-0.3, -0.25) is 0 Å². The van der Waals surface area contributed by atoms with E-state index in [1.807, 2.05) is 22.3 Å². The van der Waals surface area contributed by atoms with Crippen molar-refractivity contribution in [2.45, 2.75) is 128 Å². The predicted octanol–water partition coefficient (Wildman–Crippen LogP) is 10.6. The summed E-state index contributed by atoms with van der Waals surface area (Å²) in [6.45, 7) is 0. The van der Waals surface area contributed by atoms with Gasteiger partial charge in [-0.05, 0) is 115 Å². The van der Waals surface area contributed by atoms with Crippen LogP contribution in [0.5, 0.6) is 0 Å². The molecule has 0 N–H and O–H groups in total. The number of rotatable bonds is 4. The minimum atomic E-state index is 0.146. The van der Waals surface area contributed by atoms with Gasteiger partial charge < -0.3 is 0 Å². The monoisotopic (exact) mass is 468 g/mol. The normalized spacial score (nSPS) is 37.6. The van der Waals surface area contributed by atoms with Gasteiger partial charge in [-0.2, -0.15) is 0 Å². The molecule has 0 aromatic carbocycles. The van der Waals surface area contributed by atoms with Gasteiger partial charge in [-0.25, -0.2) is 0 Å². The lowest BCUT2D eigenvalue weighted by Gasteiger charge is -2.54. The summed E-state index contributed by atoms with van der Waals surface area (Å²) in [6.07, 6.45) is 45.8. The second-order valence-corrected chi connectivity index (χ2v) is 12.4. The Labute approximate surface area is 215 Å². The van der Waals surface area contributed by atoms with E-state index in [1.165, 1.54) is 122 Å². The highest BCUT2D eigenvalue weighted by Gasteiger charge is 2.65. The van der Waals surface area contributed by atoms with Crippen molar-refractivity contribution < 1.29 is 0 Å². The van der Waals surface area contributed by atoms with Gasteiger partial charge in [0.1, 0.15) is 0 Å². The van der Waals surface area contributed by atoms with Gasteiger partial charge in [0.05, 0.1) is 0 Å². The quantitative estimate of drug-likeness (QED) is 0.360. The molecule has 0 saturated heterocycles. The minimum absolute atomic E-state index is 0.146. The fraction of sp³-hybridized carbons (Fsp3) is 0.657. The SMILES string of the molecule is C1=CCC(C2(C3=CCCC3)CC3CCCC=C3C2(C2=CCCCCC2)/C2=C/CCCCCC2)=CC1. The van der Waals surface area contributed by atoms with E-state index in [1.54, 1.807) is 5.57 Å². The summed E-state index contributed by atoms with van der Waals surface area (Å²) in [4.78, 5) is 0. The predicted molar refractivity (Wildman–Crippen MR) is 150 cm³/mol. The summed E-state index contributed by atoms with van der Waals surface area (Å²) in [6, 6.07) is 0. The highest BCUT2D eigenvalue weighted by atomic mass is 14.7. The Morgan fingerprint density at radius 1 is 0.543 bits per heavy atom. The minimum Gasteiger partial charge on any atom is -0.0844 e. The molecule has 0 heterocycles. The third kappa shape index (κ3) is 3.93. The van der Waals surface area contributed by atoms with Gasteiger partial charge in [0.2, 0.25) is 0 Å². The van der Waals surface area contributed by atoms with Crippen molar-refractivity contribution in [1.29, 1.82) is 0 Å². The lowest BCUT2D eigenvalue weighted by atomic mass is 9.49. The number of fused-ring (bicyclic) bond motifs is 1. The summed E-state index contributed by atoms with van der Waals surface area (Å²) in [5.41, 5.74) is 9.62. The van der Waals surface area contributed by atoms with Crippen LogP contribution in [0.1, 0.15) is 128 Å². The fourth-order valence-corrected chi connectivity index (χ4v) is 9.35. The maximum Gasteiger partial charge on any atom is 0.0464 e. The van der Waals surface area contributed by atoms with E-state index in [9.17, 15) is 0 Å². The number of allylic oxidation sites excluding steroid dienone is 12. The smallest absolute Gasteiger partial charge is 0.0464 e. The van der Waals surface area contributed by atoms with Crippen LogP contribution in [0.15, 0.2) is 70.4 Å². The lowest BCUT2D eigenvalue weighted by molar-refractivity contribution is 0.245. The van der Waals surface area contributed by atoms with Crippen LogP contribution in [-0.4, -0.2) is 0 Å². The largest absolute Gasteiger partial charge is 0.0844 e. The molecule has 0 spiro atoms. The van der Waals surface area contributed by atoms with Gasteiger partial charge in [-0.15, -0.1) is 0 Å². The van der Waals surface area contributed by atoms with Crippen molar-refractivity contribution in [2.24, 2.45) is 16.7 Å². The Bertz CT molecular complexity index is 978. The summed E-state index contributed by atoms with van der Waals surface area (Å²) >= 11 is 0. The molecule has 1 saturated carbocycles. The molecule has 0 aliphatic heterocycles. The molecule has 0 radical (unpaired) electrons. The van der Waals surface area contributed by atoms with E-state index in [0.29, 0.717) is 0 Å². The van der Waals surface area contributed by atoms with Crippen molar-refractivity contribution in [1.82, 2.24) is 0 Å². The van der Waals surface area contributed by atoms with Crippen LogP contribution >= 0.6 is 0 Å². The second kappa shape index (κ2) is 10.4. The van der Waals surface area contributed by atoms with Gasteiger partial charge in [0.25, 0.3) is 0 Å². The van der Waals surface area contributed by atoms with Crippen LogP contribution in [0.25, 0.3) is 0 Å². The zero-order chi connectivity index (χ0) is 23.6. The van der Waals surface area contributed by atoms with Crippen LogP contribution < -0.4 is 0 Å². The molecule has 3 atom stereocenters. The fourth-order valence-electron chi connectivity index (χ4n) is 9.35. The highest BCUT2D eigenvalue weighted by molar-refractivity contribution is 5.59. The molecule has 6 aliphatic carbocycles. The van der Waals surface area contributed by atoms with Crippen LogP contribution in [0.4, 0.5) is 0 Å². The van der Waals surface area contributed by atoms with Crippen molar-refractivity contribution >= 4 is 0 Å². The number of hydrogen-bond acceptors (Lipinski definition) is 0. The van der Waals surface area contributed by atoms with E-state index in [-0.39, 0.29) is 10.8 Å². The molecule has 188 valence electrons. The Morgan fingerprint density at radius 2 is 1.20 bits per heavy atom. The third-order valence-corrected chi connectivity index (χ3v) is 10.6. The van der Waals surface area contributed by atoms with Crippen molar-refractivity contribution in [3.05, 3.63) is 70.4 Å². The molecule has 6 aliphatic rings. The van der Waals surface area contributed by atoms with Crippen molar-refractivity contribution in [3.8, 4) is 0 Å². The first-order valence-corrected chi connectivity index (χ1v) is 15.5. The maximum absolute atomic E-state index is 2.81. The van der Waals surface area contributed by atoms with E-state index in [2.05, 4.69) is 42.5 Å². The molecule has 0 amide bonds. The summed E-state index contributed by atoms with van der Waals surface area (Å²) < 4.78 is 0. The molecule has 0 nitrogen and oxygen atoms in total. The summed E-state index contributed by atoms with van der Waals surface area (Å²) in [5, 5.41) is 0. The standard InChI is InChI=1S/C35H48/c1-2-7-22-31(23-8-3-1)35(32-24-9-4-5-10-25-32)33-26-16-13-17-28(33)27-34(35,30-20-14-15-21-30)29-18-11-6-12-19-29/h6,11,19-20,22,24,26,28H,1-5,7-10,12-18,21,23,25,27H2/b31-22+. The highest BCUT2D eigenvalue weighted by Crippen LogP contribution is 2.75. The third-order valence-electron chi connectivity index (χ3n) is 10.6. The molecule has 0 aromatic rings. The van der Waals surface area contributed by atoms with Gasteiger partial charge >= 0.3 is 0 Å². The van der Waals surface area contributed by atoms with Crippen LogP contribution in [0, 0.1) is 16.7 Å². The Morgan fingerprint density at radius 3 is 1.91 bits per heavy atom. The Balaban J connectivity index is 1.67. The van der Waals surface area contributed by atoms with E-state index < -0.39 is 0 Å². The lowest BCUT2D eigenvalue weighted by Crippen LogP contribution is -2.45. The van der Waals surface area contributed by atoms with Gasteiger partial charge in [0.15, 0.2) is 0 Å². The maximum atomic E-state index is 2.81. The summed E-state index contributed by atoms with van der Waals surface area (Å²) in [7, 11) is 0. The average molecular weight is 469 g/mol. The van der Waals surface area contributed by atoms with Crippen LogP contribution in [0.3, 0.4) is 0 Å². The first kappa shape index (κ1) is 23.8. The van der Waals surface area contributed by atoms with Crippen LogP contribution in [0.2, 0.25) is 0 Å². The average Bonchev–Trinajstić information content (AvgIpc) is 3.42. The first-order valence-electron chi connectivity index (χ1n) is 15.5. The molecule has 35 heavy (non-hydrogen) atoms. The van der Waals surface area contributed by atoms with Gasteiger partial charge in [-0.1, -0.05) is 89.7 Å². The van der Waals surface area contributed by atoms with Crippen molar-refractivity contribution in [3.63, 3.8) is 0 Å². The summed E-state index contributed by atoms with van der Waals surface area (Å²) in [5.74, 6) is 0.785. The first-order chi connectivity index (χ1) is 17.4. The van der Waals surface area contributed by atoms with Gasteiger partial charge in [0, 0.05) is 10.8 Å². The second-order valence-electron chi connectivity index (χ2n) is 12.4. The molecule has 0 aromatic heterocycles. The zero-order valence-corrected chi connectivity index (χ0v) is 22.3. The number of hydrogen-bond donors (Lipinski definition) is 0. The molecular formula is C35H48. The van der Waals surface area contributed by atoms with Crippen LogP contribution in [-0.2, 0) is 0 Å². The molecule has 6 rings (SSSR count). The van der Waals surface area contributed by atoms with E-state index in [4.69, 9.17) is 0 Å². The van der Waals surface area contributed by atoms with E-state index in [0.717, 1.165) is 12.3 Å². The van der Waals surface area contributed by atoms with Crippen molar-refractivity contribution in [2.75, 3.05) is 0 Å². The zero-order valence-electron chi connectivity index (χ0n) is 22.3. The van der Waals surface area contributed by atoms with E-state index >= 15 is 0 Å². The molecular weight excluding hydrogens is 420 g/mol. The molecule has 3 unspecified atom stereocenters. The Hall–Kier alpha value is -1.56. The molecule has 0 heteroatoms. The molecule has 0 bridgehead atoms. The Kier molecular flexibility index (Phi) is 7.10. The topological polar surface area (TPSA) is 0 Å². The molecule has 1 fully saturated rings.